The van der Waals surface area contributed by atoms with E-state index in [0.29, 0.717) is 11.8 Å². The normalized spacial score (nSPS) is 19.9. The first-order valence-electron chi connectivity index (χ1n) is 10.7. The summed E-state index contributed by atoms with van der Waals surface area (Å²) in [4.78, 5) is 17.1. The molecule has 1 aromatic heterocycles. The van der Waals surface area contributed by atoms with Gasteiger partial charge >= 0.3 is 0 Å². The number of carbonyl (C=O) groups excluding carboxylic acids is 1. The van der Waals surface area contributed by atoms with Gasteiger partial charge in [0.25, 0.3) is 0 Å². The molecule has 0 bridgehead atoms. The Morgan fingerprint density at radius 2 is 1.69 bits per heavy atom. The van der Waals surface area contributed by atoms with E-state index in [0.717, 1.165) is 31.7 Å². The van der Waals surface area contributed by atoms with Crippen molar-refractivity contribution in [3.8, 4) is 11.1 Å². The summed E-state index contributed by atoms with van der Waals surface area (Å²) < 4.78 is 12.5. The van der Waals surface area contributed by atoms with E-state index in [1.807, 2.05) is 17.0 Å². The van der Waals surface area contributed by atoms with Gasteiger partial charge in [0.1, 0.15) is 5.75 Å². The Morgan fingerprint density at radius 1 is 0.966 bits per heavy atom. The highest BCUT2D eigenvalue weighted by Crippen LogP contribution is 2.24. The molecule has 1 saturated carbocycles. The molecular formula is C23H30N2O2S2. The minimum Gasteiger partial charge on any atom is -0.339 e. The van der Waals surface area contributed by atoms with Crippen molar-refractivity contribution in [1.29, 1.82) is 0 Å². The van der Waals surface area contributed by atoms with Gasteiger partial charge < -0.3 is 4.90 Å². The summed E-state index contributed by atoms with van der Waals surface area (Å²) >= 11 is 1.68. The maximum Gasteiger partial charge on any atom is 0.235 e. The van der Waals surface area contributed by atoms with Crippen LogP contribution in [0.2, 0.25) is 0 Å². The fourth-order valence-electron chi connectivity index (χ4n) is 4.47. The first-order valence-corrected chi connectivity index (χ1v) is 13.1. The van der Waals surface area contributed by atoms with Crippen molar-refractivity contribution in [2.45, 2.75) is 43.9 Å². The third-order valence-corrected chi connectivity index (χ3v) is 8.09. The molecule has 1 amide bonds. The van der Waals surface area contributed by atoms with E-state index in [1.165, 1.54) is 43.2 Å². The second-order valence-corrected chi connectivity index (χ2v) is 10.4. The van der Waals surface area contributed by atoms with Crippen molar-refractivity contribution in [1.82, 2.24) is 9.80 Å². The van der Waals surface area contributed by atoms with Crippen LogP contribution in [0.1, 0.15) is 37.7 Å². The van der Waals surface area contributed by atoms with E-state index >= 15 is 0 Å². The molecule has 0 N–H and O–H groups in total. The molecule has 2 aromatic rings. The summed E-state index contributed by atoms with van der Waals surface area (Å²) in [5.41, 5.74) is 3.41. The zero-order valence-corrected chi connectivity index (χ0v) is 18.6. The lowest BCUT2D eigenvalue weighted by Crippen LogP contribution is -2.53. The highest BCUT2D eigenvalue weighted by atomic mass is 32.2. The molecule has 0 spiro atoms. The molecule has 1 saturated heterocycles. The number of hydrogen-bond acceptors (Lipinski definition) is 4. The molecule has 4 nitrogen and oxygen atoms in total. The van der Waals surface area contributed by atoms with Gasteiger partial charge in [-0.05, 0) is 46.4 Å². The number of nitrogens with zero attached hydrogens (tertiary/aromatic N) is 2. The van der Waals surface area contributed by atoms with Crippen molar-refractivity contribution in [3.63, 3.8) is 0 Å². The Balaban J connectivity index is 1.23. The third-order valence-electron chi connectivity index (χ3n) is 6.18. The van der Waals surface area contributed by atoms with Crippen molar-refractivity contribution in [2.75, 3.05) is 31.9 Å². The molecule has 4 rings (SSSR count). The molecule has 1 atom stereocenters. The van der Waals surface area contributed by atoms with Crippen molar-refractivity contribution in [2.24, 2.45) is 0 Å². The third kappa shape index (κ3) is 5.56. The summed E-state index contributed by atoms with van der Waals surface area (Å²) in [6, 6.07) is 11.0. The Bertz CT molecular complexity index is 806. The first-order chi connectivity index (χ1) is 14.2. The molecule has 1 aliphatic carbocycles. The zero-order chi connectivity index (χ0) is 20.1. The van der Waals surface area contributed by atoms with E-state index in [-0.39, 0.29) is 11.7 Å². The molecule has 2 heterocycles. The number of rotatable bonds is 6. The van der Waals surface area contributed by atoms with Crippen LogP contribution < -0.4 is 0 Å². The van der Waals surface area contributed by atoms with Crippen LogP contribution in [-0.4, -0.2) is 57.9 Å². The number of benzene rings is 1. The van der Waals surface area contributed by atoms with Gasteiger partial charge in [0.2, 0.25) is 5.91 Å². The van der Waals surface area contributed by atoms with Crippen molar-refractivity contribution in [3.05, 3.63) is 46.7 Å². The fourth-order valence-corrected chi connectivity index (χ4v) is 6.26. The average Bonchev–Trinajstić information content (AvgIpc) is 3.30. The molecule has 1 unspecified atom stereocenters. The molecule has 156 valence electrons. The van der Waals surface area contributed by atoms with Crippen molar-refractivity contribution < 1.29 is 9.00 Å². The summed E-state index contributed by atoms with van der Waals surface area (Å²) in [6.07, 6.45) is 6.68. The minimum absolute atomic E-state index is 0.0431. The SMILES string of the molecule is O=C(CS(=O)Cc1ccc(-c2ccsc2)cc1)N1CCN(C2CCCCC2)CC1. The maximum atomic E-state index is 12.6. The Labute approximate surface area is 180 Å². The lowest BCUT2D eigenvalue weighted by atomic mass is 9.94. The largest absolute Gasteiger partial charge is 0.339 e. The first kappa shape index (κ1) is 20.8. The number of hydrogen-bond donors (Lipinski definition) is 0. The van der Waals surface area contributed by atoms with Gasteiger partial charge in [-0.3, -0.25) is 13.9 Å². The van der Waals surface area contributed by atoms with Gasteiger partial charge in [-0.2, -0.15) is 11.3 Å². The van der Waals surface area contributed by atoms with Gasteiger partial charge in [-0.25, -0.2) is 0 Å². The molecule has 1 aromatic carbocycles. The Morgan fingerprint density at radius 3 is 2.34 bits per heavy atom. The van der Waals surface area contributed by atoms with Crippen LogP contribution in [0.4, 0.5) is 0 Å². The molecular weight excluding hydrogens is 400 g/mol. The van der Waals surface area contributed by atoms with E-state index in [1.54, 1.807) is 11.3 Å². The summed E-state index contributed by atoms with van der Waals surface area (Å²) in [5, 5.41) is 4.19. The van der Waals surface area contributed by atoms with Crippen LogP contribution in [0, 0.1) is 0 Å². The molecule has 6 heteroatoms. The topological polar surface area (TPSA) is 40.6 Å². The number of thiophene rings is 1. The number of carbonyl (C=O) groups is 1. The molecule has 2 fully saturated rings. The second-order valence-electron chi connectivity index (χ2n) is 8.15. The summed E-state index contributed by atoms with van der Waals surface area (Å²) in [5.74, 6) is 0.620. The van der Waals surface area contributed by atoms with Crippen LogP contribution in [0.25, 0.3) is 11.1 Å². The Kier molecular flexibility index (Phi) is 7.16. The number of amides is 1. The Hall–Kier alpha value is -1.50. The lowest BCUT2D eigenvalue weighted by molar-refractivity contribution is -0.130. The fraction of sp³-hybridized carbons (Fsp3) is 0.522. The van der Waals surface area contributed by atoms with Crippen LogP contribution in [0.5, 0.6) is 0 Å². The zero-order valence-electron chi connectivity index (χ0n) is 16.9. The predicted molar refractivity (Wildman–Crippen MR) is 121 cm³/mol. The molecule has 29 heavy (non-hydrogen) atoms. The molecule has 2 aliphatic rings. The highest BCUT2D eigenvalue weighted by Gasteiger charge is 2.27. The van der Waals surface area contributed by atoms with Gasteiger partial charge in [-0.15, -0.1) is 0 Å². The highest BCUT2D eigenvalue weighted by molar-refractivity contribution is 7.84. The smallest absolute Gasteiger partial charge is 0.235 e. The van der Waals surface area contributed by atoms with E-state index in [2.05, 4.69) is 33.9 Å². The van der Waals surface area contributed by atoms with Crippen LogP contribution in [-0.2, 0) is 21.3 Å². The minimum atomic E-state index is -1.16. The van der Waals surface area contributed by atoms with Crippen LogP contribution in [0.3, 0.4) is 0 Å². The van der Waals surface area contributed by atoms with E-state index in [9.17, 15) is 9.00 Å². The quantitative estimate of drug-likeness (QED) is 0.692. The predicted octanol–water partition coefficient (Wildman–Crippen LogP) is 4.14. The maximum absolute atomic E-state index is 12.6. The van der Waals surface area contributed by atoms with Crippen LogP contribution >= 0.6 is 11.3 Å². The average molecular weight is 431 g/mol. The molecule has 0 radical (unpaired) electrons. The standard InChI is InChI=1S/C23H30N2O2S2/c26-23(25-13-11-24(12-14-25)22-4-2-1-3-5-22)18-29(27)17-19-6-8-20(9-7-19)21-10-15-28-16-21/h6-10,15-16,22H,1-5,11-14,17-18H2. The van der Waals surface area contributed by atoms with Gasteiger partial charge in [0, 0.05) is 48.8 Å². The van der Waals surface area contributed by atoms with Crippen LogP contribution in [0.15, 0.2) is 41.1 Å². The number of piperazine rings is 1. The van der Waals surface area contributed by atoms with Gasteiger partial charge in [0.15, 0.2) is 0 Å². The second kappa shape index (κ2) is 10.0. The summed E-state index contributed by atoms with van der Waals surface area (Å²) in [6.45, 7) is 3.49. The van der Waals surface area contributed by atoms with Crippen molar-refractivity contribution >= 4 is 28.0 Å². The van der Waals surface area contributed by atoms with Gasteiger partial charge in [0.05, 0.1) is 0 Å². The lowest BCUT2D eigenvalue weighted by Gasteiger charge is -2.40. The van der Waals surface area contributed by atoms with E-state index < -0.39 is 10.8 Å². The summed E-state index contributed by atoms with van der Waals surface area (Å²) in [7, 11) is -1.16. The van der Waals surface area contributed by atoms with Gasteiger partial charge in [-0.1, -0.05) is 43.5 Å². The molecule has 1 aliphatic heterocycles. The van der Waals surface area contributed by atoms with E-state index in [4.69, 9.17) is 0 Å². The monoisotopic (exact) mass is 430 g/mol.